The molecule has 0 aromatic heterocycles. The second-order valence-electron chi connectivity index (χ2n) is 15.9. The molecule has 0 aromatic rings. The summed E-state index contributed by atoms with van der Waals surface area (Å²) in [6.45, 7) is 8.36. The Hall–Kier alpha value is -0.200. The van der Waals surface area contributed by atoms with E-state index in [0.717, 1.165) is 38.5 Å². The van der Waals surface area contributed by atoms with Gasteiger partial charge in [0, 0.05) is 16.1 Å². The van der Waals surface area contributed by atoms with Crippen LogP contribution in [-0.2, 0) is 9.47 Å². The predicted octanol–water partition coefficient (Wildman–Crippen LogP) is 5.34. The van der Waals surface area contributed by atoms with Gasteiger partial charge in [-0.15, -0.1) is 0 Å². The third kappa shape index (κ3) is 3.10. The van der Waals surface area contributed by atoms with Crippen LogP contribution in [0.1, 0.15) is 114 Å². The van der Waals surface area contributed by atoms with E-state index in [-0.39, 0.29) is 45.0 Å². The third-order valence-corrected chi connectivity index (χ3v) is 14.0. The summed E-state index contributed by atoms with van der Waals surface area (Å²) in [6, 6.07) is 0. The van der Waals surface area contributed by atoms with Crippen molar-refractivity contribution < 1.29 is 31.6 Å². The van der Waals surface area contributed by atoms with E-state index in [0.29, 0.717) is 18.3 Å². The molecule has 5 aliphatic carbocycles. The first kappa shape index (κ1) is 21.5. The molecule has 0 bridgehead atoms. The summed E-state index contributed by atoms with van der Waals surface area (Å²) in [5.41, 5.74) is -1.78. The van der Waals surface area contributed by atoms with Gasteiger partial charge in [-0.05, 0) is 117 Å². The molecule has 3 N–H and O–H groups in total. The molecule has 6 aliphatic rings. The first-order valence-electron chi connectivity index (χ1n) is 17.4. The molecule has 13 atom stereocenters. The van der Waals surface area contributed by atoms with E-state index >= 15 is 0 Å². The average Bonchev–Trinajstić information content (AvgIpc) is 3.48. The quantitative estimate of drug-likeness (QED) is 0.464. The van der Waals surface area contributed by atoms with Gasteiger partial charge < -0.3 is 24.8 Å². The third-order valence-electron chi connectivity index (χ3n) is 14.0. The number of aliphatic hydroxyl groups is 3. The zero-order valence-electron chi connectivity index (χ0n) is 29.0. The summed E-state index contributed by atoms with van der Waals surface area (Å²) in [4.78, 5) is 0. The van der Waals surface area contributed by atoms with Crippen molar-refractivity contribution in [2.45, 2.75) is 143 Å². The Bertz CT molecular complexity index is 1110. The van der Waals surface area contributed by atoms with Crippen LogP contribution >= 0.6 is 0 Å². The lowest BCUT2D eigenvalue weighted by atomic mass is 9.41. The van der Waals surface area contributed by atoms with E-state index in [1.54, 1.807) is 0 Å². The Morgan fingerprint density at radius 1 is 1.05 bits per heavy atom. The summed E-state index contributed by atoms with van der Waals surface area (Å²) in [5.74, 6) is 1.04. The second kappa shape index (κ2) is 7.96. The van der Waals surface area contributed by atoms with Crippen molar-refractivity contribution in [1.82, 2.24) is 0 Å². The smallest absolute Gasteiger partial charge is 0.112 e. The summed E-state index contributed by atoms with van der Waals surface area (Å²) in [5, 5.41) is 34.4. The van der Waals surface area contributed by atoms with Crippen LogP contribution in [-0.4, -0.2) is 58.0 Å². The number of ether oxygens (including phenoxy) is 2. The molecule has 1 aliphatic heterocycles. The van der Waals surface area contributed by atoms with Gasteiger partial charge in [-0.25, -0.2) is 0 Å². The Morgan fingerprint density at radius 2 is 1.73 bits per heavy atom. The first-order valence-corrected chi connectivity index (χ1v) is 14.9. The zero-order valence-corrected chi connectivity index (χ0v) is 24.0. The monoisotopic (exact) mass is 523 g/mol. The summed E-state index contributed by atoms with van der Waals surface area (Å²) in [6.07, 6.45) is 4.37. The van der Waals surface area contributed by atoms with Gasteiger partial charge in [-0.3, -0.25) is 0 Å². The number of hydrogen-bond acceptors (Lipinski definition) is 5. The maximum absolute atomic E-state index is 12.4. The lowest BCUT2D eigenvalue weighted by Crippen LogP contribution is -2.59. The van der Waals surface area contributed by atoms with E-state index in [2.05, 4.69) is 34.6 Å². The minimum atomic E-state index is -3.03. The minimum Gasteiger partial charge on any atom is -0.393 e. The molecule has 0 radical (unpaired) electrons. The Kier molecular flexibility index (Phi) is 4.63. The molecular weight excluding hydrogens is 464 g/mol. The molecule has 0 aromatic carbocycles. The minimum absolute atomic E-state index is 0.0879. The van der Waals surface area contributed by atoms with E-state index < -0.39 is 43.4 Å². The molecule has 2 unspecified atom stereocenters. The van der Waals surface area contributed by atoms with Gasteiger partial charge in [0.05, 0.1) is 32.8 Å². The van der Waals surface area contributed by atoms with Gasteiger partial charge >= 0.3 is 0 Å². The van der Waals surface area contributed by atoms with Gasteiger partial charge in [0.15, 0.2) is 0 Å². The molecule has 5 heteroatoms. The van der Waals surface area contributed by atoms with Crippen LogP contribution in [0, 0.1) is 50.7 Å². The summed E-state index contributed by atoms with van der Waals surface area (Å²) in [7, 11) is 0. The van der Waals surface area contributed by atoms with Crippen LogP contribution in [0.3, 0.4) is 0 Å². The van der Waals surface area contributed by atoms with Gasteiger partial charge in [0.2, 0.25) is 0 Å². The molecule has 1 heterocycles. The lowest BCUT2D eigenvalue weighted by Gasteiger charge is -2.63. The highest BCUT2D eigenvalue weighted by molar-refractivity contribution is 5.32. The fourth-order valence-electron chi connectivity index (χ4n) is 12.3. The fraction of sp³-hybridized carbons (Fsp3) is 1.00. The Morgan fingerprint density at radius 3 is 2.41 bits per heavy atom. The highest BCUT2D eigenvalue weighted by atomic mass is 16.6. The standard InChI is InChI=1S/C32H54O5/c1-9-36-26(28(5,6)35)19-16-18(2)23-24(37-19)25(34)30(8)21-11-10-20-27(3,4)22(33)12-13-31(20)17-32(21,31)15-14-29(23,30)7/h18-26,33-35H,9-17H2,1-8H3/t18-,19-,20+,21?,22?,23+,24+,25+,26+,29-,30-,31-,32+/m1/s1/i1D3,9D2. The lowest BCUT2D eigenvalue weighted by molar-refractivity contribution is -0.215. The zero-order chi connectivity index (χ0) is 31.3. The van der Waals surface area contributed by atoms with Crippen molar-refractivity contribution in [3.63, 3.8) is 0 Å². The predicted molar refractivity (Wildman–Crippen MR) is 144 cm³/mol. The largest absolute Gasteiger partial charge is 0.393 e. The normalized spacial score (nSPS) is 59.6. The van der Waals surface area contributed by atoms with Crippen molar-refractivity contribution in [1.29, 1.82) is 0 Å². The average molecular weight is 524 g/mol. The molecule has 1 saturated heterocycles. The van der Waals surface area contributed by atoms with Gasteiger partial charge in [-0.2, -0.15) is 0 Å². The molecular formula is C32H54O5. The van der Waals surface area contributed by atoms with Crippen molar-refractivity contribution in [3.05, 3.63) is 0 Å². The SMILES string of the molecule is [2H]C([2H])([2H])C([2H])([2H])O[C@@H]([C@H]1C[C@@H](C)[C@H]2[C@H](O1)[C@H](O)[C@@]1(C)C3CC[C@H]4C(C)(C)C(O)CC[C@@]45C[C@@]35CC[C@]21C)C(C)(C)O. The van der Waals surface area contributed by atoms with E-state index in [4.69, 9.17) is 16.3 Å². The number of rotatable bonds is 4. The first-order chi connectivity index (χ1) is 19.0. The van der Waals surface area contributed by atoms with Crippen molar-refractivity contribution >= 4 is 0 Å². The van der Waals surface area contributed by atoms with Crippen LogP contribution in [0.25, 0.3) is 0 Å². The summed E-state index contributed by atoms with van der Waals surface area (Å²) >= 11 is 0. The van der Waals surface area contributed by atoms with Crippen LogP contribution in [0.15, 0.2) is 0 Å². The number of aliphatic hydroxyl groups excluding tert-OH is 2. The Labute approximate surface area is 232 Å². The highest BCUT2D eigenvalue weighted by Crippen LogP contribution is 2.89. The fourth-order valence-corrected chi connectivity index (χ4v) is 12.3. The summed E-state index contributed by atoms with van der Waals surface area (Å²) < 4.78 is 51.6. The van der Waals surface area contributed by atoms with Gasteiger partial charge in [-0.1, -0.05) is 34.6 Å². The molecule has 0 amide bonds. The van der Waals surface area contributed by atoms with E-state index in [9.17, 15) is 15.3 Å². The van der Waals surface area contributed by atoms with Crippen LogP contribution < -0.4 is 0 Å². The van der Waals surface area contributed by atoms with Crippen molar-refractivity contribution in [2.24, 2.45) is 50.7 Å². The molecule has 2 spiro atoms. The molecule has 6 rings (SSSR count). The molecule has 6 fully saturated rings. The van der Waals surface area contributed by atoms with Crippen LogP contribution in [0.4, 0.5) is 0 Å². The van der Waals surface area contributed by atoms with E-state index in [1.807, 2.05) is 0 Å². The van der Waals surface area contributed by atoms with Gasteiger partial charge in [0.1, 0.15) is 6.10 Å². The molecule has 5 saturated carbocycles. The number of hydrogen-bond donors (Lipinski definition) is 3. The highest BCUT2D eigenvalue weighted by Gasteiger charge is 2.84. The van der Waals surface area contributed by atoms with Crippen molar-refractivity contribution in [2.75, 3.05) is 6.56 Å². The van der Waals surface area contributed by atoms with Crippen LogP contribution in [0.5, 0.6) is 0 Å². The van der Waals surface area contributed by atoms with Crippen LogP contribution in [0.2, 0.25) is 0 Å². The molecule has 5 nitrogen and oxygen atoms in total. The topological polar surface area (TPSA) is 79.2 Å². The maximum Gasteiger partial charge on any atom is 0.112 e. The second-order valence-corrected chi connectivity index (χ2v) is 15.9. The van der Waals surface area contributed by atoms with E-state index in [1.165, 1.54) is 20.3 Å². The molecule has 37 heavy (non-hydrogen) atoms. The molecule has 212 valence electrons. The van der Waals surface area contributed by atoms with Gasteiger partial charge in [0.25, 0.3) is 0 Å². The maximum atomic E-state index is 12.4. The Balaban J connectivity index is 1.33. The van der Waals surface area contributed by atoms with Crippen molar-refractivity contribution in [3.8, 4) is 0 Å². The number of fused-ring (bicyclic) bond motifs is 4.